The van der Waals surface area contributed by atoms with Gasteiger partial charge in [0.15, 0.2) is 12.6 Å². The van der Waals surface area contributed by atoms with Gasteiger partial charge in [-0.2, -0.15) is 0 Å². The molecule has 18 heavy (non-hydrogen) atoms. The summed E-state index contributed by atoms with van der Waals surface area (Å²) in [7, 11) is -2.00. The Morgan fingerprint density at radius 2 is 1.94 bits per heavy atom. The fourth-order valence-electron chi connectivity index (χ4n) is 1.18. The van der Waals surface area contributed by atoms with E-state index in [0.717, 1.165) is 6.29 Å². The zero-order chi connectivity index (χ0) is 14.0. The van der Waals surface area contributed by atoms with Gasteiger partial charge in [0.1, 0.15) is 12.2 Å². The van der Waals surface area contributed by atoms with Crippen molar-refractivity contribution in [3.8, 4) is 0 Å². The first kappa shape index (κ1) is 15.8. The van der Waals surface area contributed by atoms with Gasteiger partial charge < -0.3 is 14.3 Å². The highest BCUT2D eigenvalue weighted by atomic mass is 28.4. The topological polar surface area (TPSA) is 54.0 Å². The molecule has 0 amide bonds. The van der Waals surface area contributed by atoms with Gasteiger partial charge in [-0.25, -0.2) is 4.89 Å². The van der Waals surface area contributed by atoms with Crippen molar-refractivity contribution >= 4 is 14.6 Å². The van der Waals surface area contributed by atoms with Crippen LogP contribution in [-0.4, -0.2) is 39.7 Å². The molecule has 1 unspecified atom stereocenters. The van der Waals surface area contributed by atoms with Crippen LogP contribution < -0.4 is 0 Å². The van der Waals surface area contributed by atoms with Gasteiger partial charge in [-0.1, -0.05) is 20.8 Å². The molecule has 1 rings (SSSR count). The predicted octanol–water partition coefficient (Wildman–Crippen LogP) is 2.27. The van der Waals surface area contributed by atoms with Crippen LogP contribution in [0.15, 0.2) is 0 Å². The van der Waals surface area contributed by atoms with Gasteiger partial charge in [0.05, 0.1) is 6.61 Å². The Bertz CT molecular complexity index is 287. The Morgan fingerprint density at radius 1 is 1.33 bits per heavy atom. The Morgan fingerprint density at radius 3 is 2.44 bits per heavy atom. The first-order chi connectivity index (χ1) is 8.17. The molecular formula is C12H24O5Si. The average molecular weight is 276 g/mol. The third-order valence-electron chi connectivity index (χ3n) is 3.53. The van der Waals surface area contributed by atoms with Crippen LogP contribution in [-0.2, 0) is 23.7 Å². The minimum absolute atomic E-state index is 0.0490. The summed E-state index contributed by atoms with van der Waals surface area (Å²) in [5.41, 5.74) is 0. The molecule has 0 aromatic carbocycles. The maximum atomic E-state index is 10.9. The molecule has 0 N–H and O–H groups in total. The summed E-state index contributed by atoms with van der Waals surface area (Å²) in [4.78, 5) is 16.3. The minimum atomic E-state index is -2.00. The normalized spacial score (nSPS) is 30.2. The van der Waals surface area contributed by atoms with Gasteiger partial charge in [-0.15, -0.1) is 0 Å². The molecular weight excluding hydrogens is 252 g/mol. The fourth-order valence-corrected chi connectivity index (χ4v) is 1.80. The number of carbonyl (C=O) groups excluding carboxylic acids is 1. The molecule has 3 atom stereocenters. The minimum Gasteiger partial charge on any atom is -0.350 e. The fraction of sp³-hybridized carbons (Fsp3) is 0.917. The van der Waals surface area contributed by atoms with Crippen molar-refractivity contribution in [2.75, 3.05) is 6.61 Å². The number of hydrogen-bond donors (Lipinski definition) is 0. The van der Waals surface area contributed by atoms with Crippen molar-refractivity contribution in [1.29, 1.82) is 0 Å². The van der Waals surface area contributed by atoms with Crippen LogP contribution in [0, 0.1) is 0 Å². The summed E-state index contributed by atoms with van der Waals surface area (Å²) < 4.78 is 16.2. The molecule has 1 heterocycles. The van der Waals surface area contributed by atoms with Crippen molar-refractivity contribution in [1.82, 2.24) is 0 Å². The van der Waals surface area contributed by atoms with Crippen molar-refractivity contribution in [3.05, 3.63) is 0 Å². The van der Waals surface area contributed by atoms with Gasteiger partial charge in [-0.05, 0) is 25.1 Å². The molecule has 1 saturated heterocycles. The number of hydrogen-bond acceptors (Lipinski definition) is 5. The van der Waals surface area contributed by atoms with E-state index in [1.165, 1.54) is 0 Å². The molecule has 0 aliphatic carbocycles. The molecule has 1 fully saturated rings. The van der Waals surface area contributed by atoms with Gasteiger partial charge in [0.25, 0.3) is 0 Å². The number of aldehydes is 1. The maximum absolute atomic E-state index is 10.9. The van der Waals surface area contributed by atoms with Crippen LogP contribution >= 0.6 is 0 Å². The summed E-state index contributed by atoms with van der Waals surface area (Å²) in [5.74, 6) is 0. The maximum Gasteiger partial charge on any atom is 0.238 e. The average Bonchev–Trinajstić information content (AvgIpc) is 2.25. The van der Waals surface area contributed by atoms with Gasteiger partial charge in [0, 0.05) is 0 Å². The number of ether oxygens (including phenoxy) is 2. The molecule has 0 aromatic rings. The second kappa shape index (κ2) is 5.79. The zero-order valence-electron chi connectivity index (χ0n) is 12.1. The SMILES string of the molecule is CC1OC[C@@H](OO[Si](C)(C)C(C)(C)C)[C@H](C=O)O1. The summed E-state index contributed by atoms with van der Waals surface area (Å²) >= 11 is 0. The second-order valence-electron chi connectivity index (χ2n) is 6.12. The van der Waals surface area contributed by atoms with E-state index in [1.807, 2.05) is 0 Å². The Balaban J connectivity index is 2.55. The molecule has 106 valence electrons. The lowest BCUT2D eigenvalue weighted by Crippen LogP contribution is -2.48. The highest BCUT2D eigenvalue weighted by Crippen LogP contribution is 2.37. The highest BCUT2D eigenvalue weighted by Gasteiger charge is 2.41. The van der Waals surface area contributed by atoms with Crippen molar-refractivity contribution in [2.24, 2.45) is 0 Å². The first-order valence-electron chi connectivity index (χ1n) is 6.24. The third-order valence-corrected chi connectivity index (χ3v) is 7.66. The van der Waals surface area contributed by atoms with E-state index in [4.69, 9.17) is 18.9 Å². The van der Waals surface area contributed by atoms with Crippen LogP contribution in [0.3, 0.4) is 0 Å². The molecule has 0 aromatic heterocycles. The van der Waals surface area contributed by atoms with E-state index >= 15 is 0 Å². The Hall–Kier alpha value is -0.273. The Kier molecular flexibility index (Phi) is 5.08. The monoisotopic (exact) mass is 276 g/mol. The smallest absolute Gasteiger partial charge is 0.238 e. The van der Waals surface area contributed by atoms with E-state index in [2.05, 4.69) is 33.9 Å². The molecule has 0 spiro atoms. The molecule has 1 aliphatic rings. The molecule has 6 heteroatoms. The predicted molar refractivity (Wildman–Crippen MR) is 69.5 cm³/mol. The van der Waals surface area contributed by atoms with Crippen LogP contribution in [0.5, 0.6) is 0 Å². The number of rotatable bonds is 4. The third kappa shape index (κ3) is 3.86. The molecule has 0 bridgehead atoms. The largest absolute Gasteiger partial charge is 0.350 e. The van der Waals surface area contributed by atoms with Crippen LogP contribution in [0.25, 0.3) is 0 Å². The van der Waals surface area contributed by atoms with E-state index < -0.39 is 20.5 Å². The summed E-state index contributed by atoms with van der Waals surface area (Å²) in [6.45, 7) is 12.6. The van der Waals surface area contributed by atoms with E-state index in [0.29, 0.717) is 6.61 Å². The van der Waals surface area contributed by atoms with Crippen molar-refractivity contribution in [3.63, 3.8) is 0 Å². The van der Waals surface area contributed by atoms with Gasteiger partial charge in [-0.3, -0.25) is 4.58 Å². The quantitative estimate of drug-likeness (QED) is 0.341. The lowest BCUT2D eigenvalue weighted by atomic mass is 10.2. The summed E-state index contributed by atoms with van der Waals surface area (Å²) in [6.07, 6.45) is -0.766. The zero-order valence-corrected chi connectivity index (χ0v) is 13.1. The first-order valence-corrected chi connectivity index (χ1v) is 9.15. The number of carbonyl (C=O) groups is 1. The van der Waals surface area contributed by atoms with Crippen LogP contribution in [0.2, 0.25) is 18.1 Å². The molecule has 5 nitrogen and oxygen atoms in total. The Labute approximate surface area is 110 Å². The van der Waals surface area contributed by atoms with Crippen molar-refractivity contribution < 1.29 is 23.7 Å². The lowest BCUT2D eigenvalue weighted by Gasteiger charge is -2.37. The van der Waals surface area contributed by atoms with Gasteiger partial charge in [0.2, 0.25) is 8.32 Å². The van der Waals surface area contributed by atoms with Crippen LogP contribution in [0.1, 0.15) is 27.7 Å². The van der Waals surface area contributed by atoms with Crippen LogP contribution in [0.4, 0.5) is 0 Å². The lowest BCUT2D eigenvalue weighted by molar-refractivity contribution is -0.330. The van der Waals surface area contributed by atoms with Crippen molar-refractivity contribution in [2.45, 2.75) is 64.3 Å². The standard InChI is InChI=1S/C12H24O5Si/c1-9-14-8-11(10(7-13)15-9)16-17-18(5,6)12(2,3)4/h7,9-11H,8H2,1-6H3/t9?,10-,11+/m0/s1. The van der Waals surface area contributed by atoms with Gasteiger partial charge >= 0.3 is 0 Å². The van der Waals surface area contributed by atoms with E-state index in [1.54, 1.807) is 6.92 Å². The molecule has 1 aliphatic heterocycles. The highest BCUT2D eigenvalue weighted by molar-refractivity contribution is 6.73. The summed E-state index contributed by atoms with van der Waals surface area (Å²) in [6, 6.07) is 0. The molecule has 0 radical (unpaired) electrons. The van der Waals surface area contributed by atoms with E-state index in [-0.39, 0.29) is 11.3 Å². The molecule has 0 saturated carbocycles. The summed E-state index contributed by atoms with van der Waals surface area (Å²) in [5, 5.41) is 0.0490. The van der Waals surface area contributed by atoms with E-state index in [9.17, 15) is 4.79 Å². The second-order valence-corrected chi connectivity index (χ2v) is 10.8.